The van der Waals surface area contributed by atoms with Crippen molar-refractivity contribution in [2.24, 2.45) is 7.05 Å². The summed E-state index contributed by atoms with van der Waals surface area (Å²) >= 11 is 0. The van der Waals surface area contributed by atoms with Crippen molar-refractivity contribution in [1.29, 1.82) is 0 Å². The maximum absolute atomic E-state index is 5.45. The van der Waals surface area contributed by atoms with Gasteiger partial charge in [0, 0.05) is 18.8 Å². The third-order valence-electron chi connectivity index (χ3n) is 3.90. The third kappa shape index (κ3) is 2.80. The minimum absolute atomic E-state index is 0.680. The van der Waals surface area contributed by atoms with Crippen molar-refractivity contribution in [3.05, 3.63) is 48.7 Å². The Bertz CT molecular complexity index is 856. The molecule has 0 radical (unpaired) electrons. The van der Waals surface area contributed by atoms with Crippen LogP contribution in [0.15, 0.2) is 48.7 Å². The summed E-state index contributed by atoms with van der Waals surface area (Å²) in [6.07, 6.45) is 1.99. The Labute approximate surface area is 141 Å². The fraction of sp³-hybridized carbons (Fsp3) is 0.211. The Morgan fingerprint density at radius 2 is 1.54 bits per heavy atom. The van der Waals surface area contributed by atoms with Crippen LogP contribution in [0.25, 0.3) is 22.6 Å². The molecule has 5 heteroatoms. The molecule has 0 amide bonds. The molecular formula is C19H20N2O3. The molecule has 3 rings (SSSR count). The average molecular weight is 324 g/mol. The van der Waals surface area contributed by atoms with E-state index in [1.807, 2.05) is 60.3 Å². The van der Waals surface area contributed by atoms with Crippen LogP contribution >= 0.6 is 0 Å². The summed E-state index contributed by atoms with van der Waals surface area (Å²) in [5, 5.41) is 0. The molecule has 124 valence electrons. The Morgan fingerprint density at radius 3 is 2.25 bits per heavy atom. The molecule has 0 saturated carbocycles. The number of para-hydroxylation sites is 1. The lowest BCUT2D eigenvalue weighted by atomic mass is 10.1. The van der Waals surface area contributed by atoms with Gasteiger partial charge in [-0.2, -0.15) is 0 Å². The zero-order chi connectivity index (χ0) is 17.1. The van der Waals surface area contributed by atoms with E-state index in [-0.39, 0.29) is 0 Å². The molecule has 0 aliphatic carbocycles. The van der Waals surface area contributed by atoms with Crippen LogP contribution in [0.3, 0.4) is 0 Å². The van der Waals surface area contributed by atoms with Gasteiger partial charge < -0.3 is 18.8 Å². The van der Waals surface area contributed by atoms with Gasteiger partial charge in [-0.3, -0.25) is 0 Å². The van der Waals surface area contributed by atoms with E-state index < -0.39 is 0 Å². The molecule has 0 unspecified atom stereocenters. The summed E-state index contributed by atoms with van der Waals surface area (Å²) in [4.78, 5) is 4.78. The number of nitrogens with zero attached hydrogens (tertiary/aromatic N) is 2. The van der Waals surface area contributed by atoms with Crippen molar-refractivity contribution in [1.82, 2.24) is 9.55 Å². The molecular weight excluding hydrogens is 304 g/mol. The molecule has 3 aromatic rings. The first-order valence-corrected chi connectivity index (χ1v) is 7.57. The Kier molecular flexibility index (Phi) is 4.42. The van der Waals surface area contributed by atoms with Gasteiger partial charge in [0.05, 0.1) is 32.6 Å². The topological polar surface area (TPSA) is 45.5 Å². The van der Waals surface area contributed by atoms with Crippen LogP contribution in [-0.4, -0.2) is 30.9 Å². The average Bonchev–Trinajstić information content (AvgIpc) is 3.02. The summed E-state index contributed by atoms with van der Waals surface area (Å²) < 4.78 is 18.1. The van der Waals surface area contributed by atoms with Crippen molar-refractivity contribution in [2.75, 3.05) is 21.3 Å². The van der Waals surface area contributed by atoms with Crippen LogP contribution < -0.4 is 14.2 Å². The molecule has 0 spiro atoms. The highest BCUT2D eigenvalue weighted by Gasteiger charge is 2.14. The van der Waals surface area contributed by atoms with Crippen molar-refractivity contribution in [3.63, 3.8) is 0 Å². The minimum atomic E-state index is 0.680. The molecule has 1 heterocycles. The monoisotopic (exact) mass is 324 g/mol. The third-order valence-corrected chi connectivity index (χ3v) is 3.90. The van der Waals surface area contributed by atoms with Gasteiger partial charge in [0.1, 0.15) is 11.6 Å². The first kappa shape index (κ1) is 15.9. The number of imidazole rings is 1. The van der Waals surface area contributed by atoms with E-state index in [1.54, 1.807) is 21.3 Å². The van der Waals surface area contributed by atoms with Crippen LogP contribution in [0.1, 0.15) is 0 Å². The van der Waals surface area contributed by atoms with E-state index in [0.717, 1.165) is 28.4 Å². The van der Waals surface area contributed by atoms with Crippen LogP contribution in [0.2, 0.25) is 0 Å². The molecule has 0 aliphatic rings. The van der Waals surface area contributed by atoms with E-state index in [2.05, 4.69) is 0 Å². The summed E-state index contributed by atoms with van der Waals surface area (Å²) in [7, 11) is 6.88. The van der Waals surface area contributed by atoms with Crippen LogP contribution in [-0.2, 0) is 7.05 Å². The molecule has 24 heavy (non-hydrogen) atoms. The second-order valence-electron chi connectivity index (χ2n) is 5.33. The normalized spacial score (nSPS) is 10.5. The predicted molar refractivity (Wildman–Crippen MR) is 93.7 cm³/mol. The highest BCUT2D eigenvalue weighted by Crippen LogP contribution is 2.34. The number of methoxy groups -OCH3 is 3. The van der Waals surface area contributed by atoms with E-state index >= 15 is 0 Å². The zero-order valence-electron chi connectivity index (χ0n) is 14.2. The number of ether oxygens (including phenoxy) is 3. The molecule has 2 aromatic carbocycles. The SMILES string of the molecule is COc1ccc(-c2cn(C)c(-c3ccccc3OC)n2)cc1OC. The van der Waals surface area contributed by atoms with E-state index in [4.69, 9.17) is 19.2 Å². The summed E-state index contributed by atoms with van der Waals surface area (Å²) in [6.45, 7) is 0. The smallest absolute Gasteiger partial charge is 0.161 e. The Balaban J connectivity index is 2.06. The number of rotatable bonds is 5. The molecule has 0 aliphatic heterocycles. The Morgan fingerprint density at radius 1 is 0.833 bits per heavy atom. The summed E-state index contributed by atoms with van der Waals surface area (Å²) in [6, 6.07) is 13.6. The highest BCUT2D eigenvalue weighted by molar-refractivity contribution is 5.70. The van der Waals surface area contributed by atoms with Gasteiger partial charge in [0.25, 0.3) is 0 Å². The summed E-state index contributed by atoms with van der Waals surface area (Å²) in [5.74, 6) is 3.02. The first-order chi connectivity index (χ1) is 11.7. The maximum Gasteiger partial charge on any atom is 0.161 e. The fourth-order valence-corrected chi connectivity index (χ4v) is 2.68. The predicted octanol–water partition coefficient (Wildman–Crippen LogP) is 3.78. The largest absolute Gasteiger partial charge is 0.496 e. The van der Waals surface area contributed by atoms with Crippen LogP contribution in [0.5, 0.6) is 17.2 Å². The second kappa shape index (κ2) is 6.66. The molecule has 0 saturated heterocycles. The number of aryl methyl sites for hydroxylation is 1. The van der Waals surface area contributed by atoms with Crippen molar-refractivity contribution >= 4 is 0 Å². The van der Waals surface area contributed by atoms with E-state index in [1.165, 1.54) is 0 Å². The van der Waals surface area contributed by atoms with Crippen LogP contribution in [0, 0.1) is 0 Å². The van der Waals surface area contributed by atoms with Gasteiger partial charge in [0.2, 0.25) is 0 Å². The van der Waals surface area contributed by atoms with Crippen LogP contribution in [0.4, 0.5) is 0 Å². The van der Waals surface area contributed by atoms with E-state index in [9.17, 15) is 0 Å². The highest BCUT2D eigenvalue weighted by atomic mass is 16.5. The quantitative estimate of drug-likeness (QED) is 0.716. The molecule has 0 fully saturated rings. The van der Waals surface area contributed by atoms with Crippen molar-refractivity contribution in [2.45, 2.75) is 0 Å². The minimum Gasteiger partial charge on any atom is -0.496 e. The lowest BCUT2D eigenvalue weighted by Gasteiger charge is -2.08. The molecule has 0 bridgehead atoms. The van der Waals surface area contributed by atoms with Crippen molar-refractivity contribution in [3.8, 4) is 39.9 Å². The molecule has 0 N–H and O–H groups in total. The van der Waals surface area contributed by atoms with Crippen molar-refractivity contribution < 1.29 is 14.2 Å². The first-order valence-electron chi connectivity index (χ1n) is 7.57. The maximum atomic E-state index is 5.45. The van der Waals surface area contributed by atoms with Gasteiger partial charge in [0.15, 0.2) is 11.5 Å². The molecule has 0 atom stereocenters. The number of hydrogen-bond donors (Lipinski definition) is 0. The Hall–Kier alpha value is -2.95. The van der Waals surface area contributed by atoms with Gasteiger partial charge in [-0.15, -0.1) is 0 Å². The van der Waals surface area contributed by atoms with E-state index in [0.29, 0.717) is 11.5 Å². The lowest BCUT2D eigenvalue weighted by molar-refractivity contribution is 0.355. The molecule has 1 aromatic heterocycles. The van der Waals surface area contributed by atoms with Gasteiger partial charge in [-0.25, -0.2) is 4.98 Å². The zero-order valence-corrected chi connectivity index (χ0v) is 14.2. The van der Waals surface area contributed by atoms with Gasteiger partial charge >= 0.3 is 0 Å². The van der Waals surface area contributed by atoms with Gasteiger partial charge in [-0.1, -0.05) is 12.1 Å². The fourth-order valence-electron chi connectivity index (χ4n) is 2.68. The lowest BCUT2D eigenvalue weighted by Crippen LogP contribution is -1.94. The second-order valence-corrected chi connectivity index (χ2v) is 5.33. The molecule has 5 nitrogen and oxygen atoms in total. The summed E-state index contributed by atoms with van der Waals surface area (Å²) in [5.41, 5.74) is 2.78. The number of benzene rings is 2. The number of aromatic nitrogens is 2. The number of hydrogen-bond acceptors (Lipinski definition) is 4. The van der Waals surface area contributed by atoms with Gasteiger partial charge in [-0.05, 0) is 30.3 Å². The standard InChI is InChI=1S/C19H20N2O3/c1-21-12-15(13-9-10-17(23-3)18(11-13)24-4)20-19(21)14-7-5-6-8-16(14)22-2/h5-12H,1-4H3.